The third-order valence-corrected chi connectivity index (χ3v) is 5.21. The van der Waals surface area contributed by atoms with Gasteiger partial charge in [0.2, 0.25) is 0 Å². The molecule has 29 heavy (non-hydrogen) atoms. The summed E-state index contributed by atoms with van der Waals surface area (Å²) in [5.41, 5.74) is 4.08. The molecule has 1 N–H and O–H groups in total. The molecule has 0 saturated carbocycles. The van der Waals surface area contributed by atoms with Crippen LogP contribution in [0.1, 0.15) is 12.0 Å². The fourth-order valence-electron chi connectivity index (χ4n) is 3.68. The molecule has 0 fully saturated rings. The second-order valence-electron chi connectivity index (χ2n) is 6.95. The molecule has 2 aromatic heterocycles. The minimum absolute atomic E-state index is 0.132. The van der Waals surface area contributed by atoms with Crippen molar-refractivity contribution in [1.29, 1.82) is 0 Å². The van der Waals surface area contributed by atoms with Crippen LogP contribution in [0.3, 0.4) is 0 Å². The van der Waals surface area contributed by atoms with E-state index in [1.165, 1.54) is 11.1 Å². The van der Waals surface area contributed by atoms with Crippen molar-refractivity contribution in [3.05, 3.63) is 54.4 Å². The molecule has 0 atom stereocenters. The zero-order chi connectivity index (χ0) is 20.4. The van der Waals surface area contributed by atoms with E-state index >= 15 is 0 Å². The number of pyridine rings is 1. The maximum absolute atomic E-state index is 12.7. The minimum Gasteiger partial charge on any atom is -0.493 e. The van der Waals surface area contributed by atoms with Gasteiger partial charge in [0.05, 0.1) is 14.2 Å². The van der Waals surface area contributed by atoms with E-state index in [2.05, 4.69) is 28.6 Å². The Morgan fingerprint density at radius 1 is 1.17 bits per heavy atom. The molecule has 0 saturated heterocycles. The maximum atomic E-state index is 12.7. The third kappa shape index (κ3) is 3.63. The Labute approximate surface area is 169 Å². The number of ether oxygens (including phenoxy) is 2. The van der Waals surface area contributed by atoms with Crippen LogP contribution in [-0.2, 0) is 7.05 Å². The Balaban J connectivity index is 1.47. The van der Waals surface area contributed by atoms with Gasteiger partial charge < -0.3 is 24.3 Å². The zero-order valence-electron chi connectivity index (χ0n) is 16.8. The number of nitrogens with one attached hydrogen (secondary N) is 1. The summed E-state index contributed by atoms with van der Waals surface area (Å²) < 4.78 is 12.6. The van der Waals surface area contributed by atoms with E-state index < -0.39 is 0 Å². The molecule has 0 radical (unpaired) electrons. The van der Waals surface area contributed by atoms with Crippen LogP contribution >= 0.6 is 0 Å². The lowest BCUT2D eigenvalue weighted by molar-refractivity contribution is 0.217. The summed E-state index contributed by atoms with van der Waals surface area (Å²) >= 11 is 0. The number of urea groups is 1. The number of hydrogen-bond acceptors (Lipinski definition) is 4. The molecular formula is C22H24N4O3. The van der Waals surface area contributed by atoms with E-state index in [1.807, 2.05) is 23.9 Å². The first-order valence-corrected chi connectivity index (χ1v) is 9.48. The molecule has 150 valence electrons. The molecule has 1 aliphatic rings. The van der Waals surface area contributed by atoms with Gasteiger partial charge in [-0.25, -0.2) is 9.78 Å². The molecule has 0 unspecified atom stereocenters. The average molecular weight is 392 g/mol. The lowest BCUT2D eigenvalue weighted by Gasteiger charge is -2.26. The number of aromatic nitrogens is 2. The fraction of sp³-hybridized carbons (Fsp3) is 0.273. The standard InChI is InChI=1S/C22H24N4O3/c1-25-14-18(17-5-4-10-23-21(17)25)15-8-11-26(12-9-15)22(27)24-16-6-7-19(28-2)20(13-16)29-3/h4-8,10,13-14H,9,11-12H2,1-3H3,(H,24,27). The molecule has 0 aliphatic carbocycles. The number of amides is 2. The highest BCUT2D eigenvalue weighted by molar-refractivity contribution is 5.93. The molecule has 3 heterocycles. The Kier molecular flexibility index (Phi) is 5.12. The summed E-state index contributed by atoms with van der Waals surface area (Å²) in [5.74, 6) is 1.20. The number of fused-ring (bicyclic) bond motifs is 1. The van der Waals surface area contributed by atoms with Crippen LogP contribution in [0, 0.1) is 0 Å². The van der Waals surface area contributed by atoms with E-state index in [4.69, 9.17) is 9.47 Å². The van der Waals surface area contributed by atoms with Crippen molar-refractivity contribution < 1.29 is 14.3 Å². The van der Waals surface area contributed by atoms with Gasteiger partial charge in [0.25, 0.3) is 0 Å². The number of carbonyl (C=O) groups excluding carboxylic acids is 1. The summed E-state index contributed by atoms with van der Waals surface area (Å²) in [7, 11) is 5.16. The average Bonchev–Trinajstić information content (AvgIpc) is 3.10. The molecule has 7 heteroatoms. The van der Waals surface area contributed by atoms with Gasteiger partial charge in [-0.2, -0.15) is 0 Å². The summed E-state index contributed by atoms with van der Waals surface area (Å²) in [6.07, 6.45) is 6.84. The second kappa shape index (κ2) is 7.87. The van der Waals surface area contributed by atoms with Crippen LogP contribution in [0.2, 0.25) is 0 Å². The van der Waals surface area contributed by atoms with Gasteiger partial charge in [-0.3, -0.25) is 0 Å². The summed E-state index contributed by atoms with van der Waals surface area (Å²) in [4.78, 5) is 18.9. The Morgan fingerprint density at radius 2 is 2.00 bits per heavy atom. The number of nitrogens with zero attached hydrogens (tertiary/aromatic N) is 3. The highest BCUT2D eigenvalue weighted by Crippen LogP contribution is 2.31. The van der Waals surface area contributed by atoms with Crippen LogP contribution in [0.15, 0.2) is 48.8 Å². The smallest absolute Gasteiger partial charge is 0.322 e. The van der Waals surface area contributed by atoms with E-state index in [1.54, 1.807) is 37.3 Å². The molecule has 0 bridgehead atoms. The Morgan fingerprint density at radius 3 is 2.72 bits per heavy atom. The topological polar surface area (TPSA) is 68.6 Å². The van der Waals surface area contributed by atoms with Gasteiger partial charge in [-0.05, 0) is 36.3 Å². The molecule has 0 spiro atoms. The first kappa shape index (κ1) is 18.9. The van der Waals surface area contributed by atoms with Crippen LogP contribution in [-0.4, -0.2) is 47.8 Å². The number of hydrogen-bond donors (Lipinski definition) is 1. The number of methoxy groups -OCH3 is 2. The second-order valence-corrected chi connectivity index (χ2v) is 6.95. The van der Waals surface area contributed by atoms with Crippen molar-refractivity contribution in [2.75, 3.05) is 32.6 Å². The molecule has 3 aromatic rings. The van der Waals surface area contributed by atoms with Crippen LogP contribution in [0.5, 0.6) is 11.5 Å². The Hall–Kier alpha value is -3.48. The summed E-state index contributed by atoms with van der Waals surface area (Å²) in [6.45, 7) is 1.21. The van der Waals surface area contributed by atoms with E-state index in [-0.39, 0.29) is 6.03 Å². The molecule has 7 nitrogen and oxygen atoms in total. The van der Waals surface area contributed by atoms with Gasteiger partial charge in [0.1, 0.15) is 5.65 Å². The Bertz CT molecular complexity index is 1090. The number of carbonyl (C=O) groups is 1. The van der Waals surface area contributed by atoms with Crippen LogP contribution in [0.4, 0.5) is 10.5 Å². The molecule has 2 amide bonds. The summed E-state index contributed by atoms with van der Waals surface area (Å²) in [6, 6.07) is 9.25. The van der Waals surface area contributed by atoms with Crippen molar-refractivity contribution in [3.63, 3.8) is 0 Å². The van der Waals surface area contributed by atoms with Gasteiger partial charge in [0, 0.05) is 55.2 Å². The van der Waals surface area contributed by atoms with Gasteiger partial charge in [-0.15, -0.1) is 0 Å². The summed E-state index contributed by atoms with van der Waals surface area (Å²) in [5, 5.41) is 4.08. The van der Waals surface area contributed by atoms with Crippen LogP contribution < -0.4 is 14.8 Å². The lowest BCUT2D eigenvalue weighted by Crippen LogP contribution is -2.37. The maximum Gasteiger partial charge on any atom is 0.322 e. The zero-order valence-corrected chi connectivity index (χ0v) is 16.8. The first-order valence-electron chi connectivity index (χ1n) is 9.48. The minimum atomic E-state index is -0.132. The monoisotopic (exact) mass is 392 g/mol. The SMILES string of the molecule is COc1ccc(NC(=O)N2CC=C(c3cn(C)c4ncccc34)CC2)cc1OC. The fourth-order valence-corrected chi connectivity index (χ4v) is 3.68. The van der Waals surface area contributed by atoms with Gasteiger partial charge in [0.15, 0.2) is 11.5 Å². The molecular weight excluding hydrogens is 368 g/mol. The quantitative estimate of drug-likeness (QED) is 0.731. The predicted molar refractivity (Wildman–Crippen MR) is 113 cm³/mol. The molecule has 1 aliphatic heterocycles. The van der Waals surface area contributed by atoms with Gasteiger partial charge in [-0.1, -0.05) is 6.08 Å². The third-order valence-electron chi connectivity index (χ3n) is 5.21. The first-order chi connectivity index (χ1) is 14.1. The largest absolute Gasteiger partial charge is 0.493 e. The van der Waals surface area contributed by atoms with E-state index in [0.717, 1.165) is 17.5 Å². The van der Waals surface area contributed by atoms with Crippen molar-refractivity contribution >= 4 is 28.3 Å². The molecule has 1 aromatic carbocycles. The highest BCUT2D eigenvalue weighted by Gasteiger charge is 2.20. The van der Waals surface area contributed by atoms with Crippen molar-refractivity contribution in [3.8, 4) is 11.5 Å². The van der Waals surface area contributed by atoms with Crippen LogP contribution in [0.25, 0.3) is 16.6 Å². The predicted octanol–water partition coefficient (Wildman–Crippen LogP) is 3.91. The van der Waals surface area contributed by atoms with Crippen molar-refractivity contribution in [2.24, 2.45) is 7.05 Å². The van der Waals surface area contributed by atoms with Gasteiger partial charge >= 0.3 is 6.03 Å². The normalized spacial score (nSPS) is 13.9. The van der Waals surface area contributed by atoms with E-state index in [0.29, 0.717) is 30.3 Å². The lowest BCUT2D eigenvalue weighted by atomic mass is 10.00. The number of anilines is 1. The van der Waals surface area contributed by atoms with Crippen molar-refractivity contribution in [2.45, 2.75) is 6.42 Å². The molecule has 4 rings (SSSR count). The highest BCUT2D eigenvalue weighted by atomic mass is 16.5. The number of aryl methyl sites for hydroxylation is 1. The number of rotatable bonds is 4. The van der Waals surface area contributed by atoms with E-state index in [9.17, 15) is 4.79 Å². The van der Waals surface area contributed by atoms with Crippen molar-refractivity contribution in [1.82, 2.24) is 14.5 Å². The number of benzene rings is 1.